The highest BCUT2D eigenvalue weighted by Crippen LogP contribution is 2.47. The van der Waals surface area contributed by atoms with Gasteiger partial charge in [0.05, 0.1) is 13.0 Å². The molecule has 13 heavy (non-hydrogen) atoms. The van der Waals surface area contributed by atoms with E-state index >= 15 is 0 Å². The van der Waals surface area contributed by atoms with Crippen LogP contribution in [0, 0.1) is 17.8 Å². The molecule has 2 heteroatoms. The molecule has 3 atom stereocenters. The quantitative estimate of drug-likeness (QED) is 0.456. The van der Waals surface area contributed by atoms with Crippen LogP contribution in [0.15, 0.2) is 12.2 Å². The summed E-state index contributed by atoms with van der Waals surface area (Å²) in [4.78, 5) is 11.4. The van der Waals surface area contributed by atoms with Crippen LogP contribution >= 0.6 is 0 Å². The lowest BCUT2D eigenvalue weighted by atomic mass is 9.63. The Bertz CT molecular complexity index is 244. The van der Waals surface area contributed by atoms with Crippen molar-refractivity contribution < 1.29 is 9.53 Å². The molecular weight excluding hydrogens is 164 g/mol. The van der Waals surface area contributed by atoms with Gasteiger partial charge in [-0.2, -0.15) is 0 Å². The predicted molar refractivity (Wildman–Crippen MR) is 50.1 cm³/mol. The summed E-state index contributed by atoms with van der Waals surface area (Å²) in [7, 11) is 1.49. The van der Waals surface area contributed by atoms with Crippen LogP contribution in [0.3, 0.4) is 0 Å². The van der Waals surface area contributed by atoms with E-state index in [1.54, 1.807) is 0 Å². The molecule has 3 aliphatic carbocycles. The van der Waals surface area contributed by atoms with Crippen LogP contribution in [0.4, 0.5) is 0 Å². The summed E-state index contributed by atoms with van der Waals surface area (Å²) in [6.07, 6.45) is 4.45. The lowest BCUT2D eigenvalue weighted by Crippen LogP contribution is -2.37. The summed E-state index contributed by atoms with van der Waals surface area (Å²) in [6.45, 7) is 4.06. The number of fused-ring (bicyclic) bond motifs is 3. The molecule has 0 aromatic rings. The third kappa shape index (κ3) is 1.38. The number of hydrogen-bond donors (Lipinski definition) is 0. The smallest absolute Gasteiger partial charge is 0.308 e. The molecule has 0 amide bonds. The lowest BCUT2D eigenvalue weighted by Gasteiger charge is -2.42. The minimum atomic E-state index is -0.0119. The van der Waals surface area contributed by atoms with Gasteiger partial charge in [0.2, 0.25) is 0 Å². The van der Waals surface area contributed by atoms with Gasteiger partial charge in [0.25, 0.3) is 0 Å². The van der Waals surface area contributed by atoms with E-state index in [1.807, 2.05) is 0 Å². The summed E-state index contributed by atoms with van der Waals surface area (Å²) in [5.74, 6) is 1.26. The van der Waals surface area contributed by atoms with Gasteiger partial charge in [-0.25, -0.2) is 0 Å². The number of esters is 1. The zero-order valence-electron chi connectivity index (χ0n) is 8.08. The fraction of sp³-hybridized carbons (Fsp3) is 0.727. The van der Waals surface area contributed by atoms with Crippen molar-refractivity contribution in [2.24, 2.45) is 17.8 Å². The fourth-order valence-electron chi connectivity index (χ4n) is 2.79. The summed E-state index contributed by atoms with van der Waals surface area (Å²) in [5, 5.41) is 0. The van der Waals surface area contributed by atoms with Crippen molar-refractivity contribution in [1.82, 2.24) is 0 Å². The topological polar surface area (TPSA) is 26.3 Å². The second-order valence-electron chi connectivity index (χ2n) is 4.26. The summed E-state index contributed by atoms with van der Waals surface area (Å²) in [6, 6.07) is 0. The highest BCUT2D eigenvalue weighted by atomic mass is 16.5. The van der Waals surface area contributed by atoms with E-state index in [9.17, 15) is 4.79 Å². The van der Waals surface area contributed by atoms with Gasteiger partial charge in [0, 0.05) is 0 Å². The van der Waals surface area contributed by atoms with Crippen molar-refractivity contribution in [3.05, 3.63) is 12.2 Å². The Morgan fingerprint density at radius 3 is 2.77 bits per heavy atom. The van der Waals surface area contributed by atoms with Crippen molar-refractivity contribution in [2.75, 3.05) is 7.11 Å². The number of rotatable bonds is 1. The average molecular weight is 180 g/mol. The Hall–Kier alpha value is -0.790. The van der Waals surface area contributed by atoms with Crippen LogP contribution < -0.4 is 0 Å². The summed E-state index contributed by atoms with van der Waals surface area (Å²) < 4.78 is 4.81. The van der Waals surface area contributed by atoms with Crippen LogP contribution in [0.5, 0.6) is 0 Å². The van der Waals surface area contributed by atoms with Gasteiger partial charge in [-0.3, -0.25) is 4.79 Å². The van der Waals surface area contributed by atoms with Gasteiger partial charge >= 0.3 is 5.97 Å². The Kier molecular flexibility index (Phi) is 2.14. The highest BCUT2D eigenvalue weighted by molar-refractivity contribution is 5.73. The normalized spacial score (nSPS) is 37.6. The SMILES string of the molecule is C=C1C[C@H]2CC[C@@H]1C[C@H]2C(=O)OC. The first-order valence-electron chi connectivity index (χ1n) is 4.98. The van der Waals surface area contributed by atoms with Crippen molar-refractivity contribution in [2.45, 2.75) is 25.7 Å². The largest absolute Gasteiger partial charge is 0.469 e. The maximum absolute atomic E-state index is 11.4. The second kappa shape index (κ2) is 3.17. The van der Waals surface area contributed by atoms with E-state index in [1.165, 1.54) is 25.5 Å². The molecule has 0 N–H and O–H groups in total. The zero-order chi connectivity index (χ0) is 9.42. The first-order valence-corrected chi connectivity index (χ1v) is 4.98. The van der Waals surface area contributed by atoms with Gasteiger partial charge in [-0.1, -0.05) is 12.2 Å². The third-order valence-corrected chi connectivity index (χ3v) is 3.60. The van der Waals surface area contributed by atoms with E-state index in [0.29, 0.717) is 11.8 Å². The molecule has 0 spiro atoms. The Morgan fingerprint density at radius 2 is 2.31 bits per heavy atom. The average Bonchev–Trinajstić information content (AvgIpc) is 2.17. The third-order valence-electron chi connectivity index (χ3n) is 3.60. The molecule has 2 nitrogen and oxygen atoms in total. The van der Waals surface area contributed by atoms with Gasteiger partial charge in [-0.05, 0) is 37.5 Å². The number of ether oxygens (including phenoxy) is 1. The Balaban J connectivity index is 2.10. The zero-order valence-corrected chi connectivity index (χ0v) is 8.08. The number of methoxy groups -OCH3 is 1. The van der Waals surface area contributed by atoms with Crippen molar-refractivity contribution in [3.8, 4) is 0 Å². The fourth-order valence-corrected chi connectivity index (χ4v) is 2.79. The molecule has 3 fully saturated rings. The first kappa shape index (κ1) is 8.79. The summed E-state index contributed by atoms with van der Waals surface area (Å²) in [5.41, 5.74) is 1.36. The molecule has 0 saturated heterocycles. The molecule has 0 aromatic heterocycles. The van der Waals surface area contributed by atoms with Gasteiger partial charge in [-0.15, -0.1) is 0 Å². The Morgan fingerprint density at radius 1 is 1.54 bits per heavy atom. The van der Waals surface area contributed by atoms with E-state index in [-0.39, 0.29) is 11.9 Å². The number of hydrogen-bond acceptors (Lipinski definition) is 2. The lowest BCUT2D eigenvalue weighted by molar-refractivity contribution is -0.150. The van der Waals surface area contributed by atoms with E-state index in [2.05, 4.69) is 6.58 Å². The van der Waals surface area contributed by atoms with Crippen molar-refractivity contribution in [3.63, 3.8) is 0 Å². The minimum Gasteiger partial charge on any atom is -0.469 e. The van der Waals surface area contributed by atoms with E-state index < -0.39 is 0 Å². The predicted octanol–water partition coefficient (Wildman–Crippen LogP) is 2.15. The standard InChI is InChI=1S/C11H16O2/c1-7-5-9-4-3-8(7)6-10(9)11(12)13-2/h8-10H,1,3-6H2,2H3/t8-,9-,10-/m1/s1. The van der Waals surface area contributed by atoms with E-state index in [4.69, 9.17) is 4.74 Å². The number of carbonyl (C=O) groups is 1. The Labute approximate surface area is 79.0 Å². The van der Waals surface area contributed by atoms with Crippen LogP contribution in [0.1, 0.15) is 25.7 Å². The van der Waals surface area contributed by atoms with Crippen LogP contribution in [0.25, 0.3) is 0 Å². The molecule has 72 valence electrons. The number of allylic oxidation sites excluding steroid dienone is 1. The van der Waals surface area contributed by atoms with Gasteiger partial charge < -0.3 is 4.74 Å². The van der Waals surface area contributed by atoms with Crippen LogP contribution in [0.2, 0.25) is 0 Å². The molecule has 0 heterocycles. The second-order valence-corrected chi connectivity index (χ2v) is 4.26. The minimum absolute atomic E-state index is 0.0119. The summed E-state index contributed by atoms with van der Waals surface area (Å²) >= 11 is 0. The molecule has 3 saturated carbocycles. The molecule has 3 aliphatic rings. The van der Waals surface area contributed by atoms with Crippen molar-refractivity contribution in [1.29, 1.82) is 0 Å². The monoisotopic (exact) mass is 180 g/mol. The molecule has 0 unspecified atom stereocenters. The molecular formula is C11H16O2. The highest BCUT2D eigenvalue weighted by Gasteiger charge is 2.41. The van der Waals surface area contributed by atoms with Crippen molar-refractivity contribution >= 4 is 5.97 Å². The van der Waals surface area contributed by atoms with Crippen LogP contribution in [-0.2, 0) is 9.53 Å². The first-order chi connectivity index (χ1) is 6.22. The van der Waals surface area contributed by atoms with E-state index in [0.717, 1.165) is 12.8 Å². The molecule has 2 bridgehead atoms. The number of carbonyl (C=O) groups excluding carboxylic acids is 1. The van der Waals surface area contributed by atoms with Gasteiger partial charge in [0.15, 0.2) is 0 Å². The van der Waals surface area contributed by atoms with Crippen LogP contribution in [-0.4, -0.2) is 13.1 Å². The van der Waals surface area contributed by atoms with Gasteiger partial charge in [0.1, 0.15) is 0 Å². The maximum Gasteiger partial charge on any atom is 0.308 e. The molecule has 0 aliphatic heterocycles. The molecule has 0 aromatic carbocycles. The maximum atomic E-state index is 11.4. The molecule has 3 rings (SSSR count). The molecule has 0 radical (unpaired) electrons.